The molecule has 1 aliphatic rings. The van der Waals surface area contributed by atoms with Crippen LogP contribution < -0.4 is 4.74 Å². The van der Waals surface area contributed by atoms with E-state index in [0.717, 1.165) is 18.4 Å². The van der Waals surface area contributed by atoms with Crippen molar-refractivity contribution in [1.29, 1.82) is 0 Å². The van der Waals surface area contributed by atoms with Gasteiger partial charge in [-0.2, -0.15) is 0 Å². The number of hydrogen-bond acceptors (Lipinski definition) is 6. The Morgan fingerprint density at radius 2 is 1.60 bits per heavy atom. The Balaban J connectivity index is 2.44. The summed E-state index contributed by atoms with van der Waals surface area (Å²) >= 11 is 0. The minimum absolute atomic E-state index is 0.0793. The molecule has 0 saturated carbocycles. The van der Waals surface area contributed by atoms with Gasteiger partial charge in [-0.3, -0.25) is 0 Å². The topological polar surface area (TPSA) is 82.8 Å². The summed E-state index contributed by atoms with van der Waals surface area (Å²) in [5.74, 6) is -3.14. The van der Waals surface area contributed by atoms with E-state index in [-0.39, 0.29) is 11.5 Å². The number of cyclic esters (lactones) is 2. The monoisotopic (exact) mass is 208 g/mol. The number of rotatable bonds is 0. The molecule has 0 aliphatic carbocycles. The number of furan rings is 1. The van der Waals surface area contributed by atoms with Crippen molar-refractivity contribution in [3.63, 3.8) is 0 Å². The molecule has 1 aliphatic heterocycles. The third-order valence-electron chi connectivity index (χ3n) is 1.57. The molecule has 0 fully saturated rings. The fourth-order valence-electron chi connectivity index (χ4n) is 0.977. The Hall–Kier alpha value is -2.37. The summed E-state index contributed by atoms with van der Waals surface area (Å²) < 4.78 is 13.7. The van der Waals surface area contributed by atoms with Gasteiger partial charge in [0.05, 0.1) is 6.26 Å². The second-order valence-corrected chi connectivity index (χ2v) is 2.58. The van der Waals surface area contributed by atoms with Crippen LogP contribution in [0.5, 0.6) is 5.75 Å². The molecule has 0 amide bonds. The number of hydrogen-bond donors (Lipinski definition) is 0. The highest BCUT2D eigenvalue weighted by Gasteiger charge is 2.23. The van der Waals surface area contributed by atoms with Crippen LogP contribution in [0.15, 0.2) is 28.9 Å². The van der Waals surface area contributed by atoms with Crippen LogP contribution in [0.2, 0.25) is 0 Å². The van der Waals surface area contributed by atoms with Gasteiger partial charge in [-0.1, -0.05) is 0 Å². The summed E-state index contributed by atoms with van der Waals surface area (Å²) in [6, 6.07) is 1.28. The minimum atomic E-state index is -1.00. The van der Waals surface area contributed by atoms with Gasteiger partial charge in [-0.25, -0.2) is 14.4 Å². The van der Waals surface area contributed by atoms with E-state index < -0.39 is 17.9 Å². The van der Waals surface area contributed by atoms with E-state index in [1.54, 1.807) is 0 Å². The molecule has 6 heteroatoms. The first-order chi connectivity index (χ1) is 7.16. The standard InChI is InChI=1S/C9H4O6/c10-6-1-2-7(11)15-9(12)8-5(14-6)3-4-13-8/h1-4H/b2-1+. The molecule has 2 heterocycles. The highest BCUT2D eigenvalue weighted by molar-refractivity contribution is 6.03. The molecule has 0 bridgehead atoms. The predicted octanol–water partition coefficient (Wildman–Crippen LogP) is 0.438. The van der Waals surface area contributed by atoms with Gasteiger partial charge in [-0.05, 0) is 0 Å². The van der Waals surface area contributed by atoms with Crippen molar-refractivity contribution in [2.45, 2.75) is 0 Å². The summed E-state index contributed by atoms with van der Waals surface area (Å²) in [7, 11) is 0. The van der Waals surface area contributed by atoms with Gasteiger partial charge in [-0.15, -0.1) is 0 Å². The molecule has 76 valence electrons. The van der Waals surface area contributed by atoms with Crippen LogP contribution in [-0.4, -0.2) is 17.9 Å². The zero-order valence-electron chi connectivity index (χ0n) is 7.26. The maximum Gasteiger partial charge on any atom is 0.386 e. The van der Waals surface area contributed by atoms with Crippen molar-refractivity contribution in [3.05, 3.63) is 30.2 Å². The lowest BCUT2D eigenvalue weighted by Crippen LogP contribution is -2.09. The van der Waals surface area contributed by atoms with E-state index in [0.29, 0.717) is 0 Å². The van der Waals surface area contributed by atoms with Gasteiger partial charge >= 0.3 is 17.9 Å². The van der Waals surface area contributed by atoms with Gasteiger partial charge < -0.3 is 13.9 Å². The van der Waals surface area contributed by atoms with Crippen molar-refractivity contribution >= 4 is 17.9 Å². The van der Waals surface area contributed by atoms with Crippen LogP contribution in [0.25, 0.3) is 0 Å². The molecule has 0 saturated heterocycles. The Labute approximate surface area is 83.1 Å². The van der Waals surface area contributed by atoms with Crippen LogP contribution in [0.1, 0.15) is 10.6 Å². The lowest BCUT2D eigenvalue weighted by molar-refractivity contribution is -0.133. The van der Waals surface area contributed by atoms with Crippen molar-refractivity contribution in [3.8, 4) is 5.75 Å². The van der Waals surface area contributed by atoms with Crippen molar-refractivity contribution in [2.75, 3.05) is 0 Å². The summed E-state index contributed by atoms with van der Waals surface area (Å²) in [5, 5.41) is 0. The average Bonchev–Trinajstić information content (AvgIpc) is 2.62. The molecule has 2 rings (SSSR count). The second-order valence-electron chi connectivity index (χ2n) is 2.58. The largest absolute Gasteiger partial charge is 0.454 e. The molecule has 0 unspecified atom stereocenters. The average molecular weight is 208 g/mol. The molecule has 1 aromatic rings. The molecule has 6 nitrogen and oxygen atoms in total. The van der Waals surface area contributed by atoms with Gasteiger partial charge in [0.15, 0.2) is 5.75 Å². The predicted molar refractivity (Wildman–Crippen MR) is 43.9 cm³/mol. The van der Waals surface area contributed by atoms with E-state index in [1.165, 1.54) is 6.07 Å². The minimum Gasteiger partial charge on any atom is -0.454 e. The molecular formula is C9H4O6. The maximum atomic E-state index is 11.2. The molecule has 0 radical (unpaired) electrons. The summed E-state index contributed by atoms with van der Waals surface area (Å²) in [6.07, 6.45) is 2.80. The number of ether oxygens (including phenoxy) is 2. The van der Waals surface area contributed by atoms with Crippen LogP contribution in [0, 0.1) is 0 Å². The molecule has 15 heavy (non-hydrogen) atoms. The van der Waals surface area contributed by atoms with Crippen LogP contribution in [-0.2, 0) is 14.3 Å². The summed E-state index contributed by atoms with van der Waals surface area (Å²) in [6.45, 7) is 0. The normalized spacial score (nSPS) is 18.0. The quantitative estimate of drug-likeness (QED) is 0.454. The number of fused-ring (bicyclic) bond motifs is 1. The Bertz CT molecular complexity index is 467. The highest BCUT2D eigenvalue weighted by Crippen LogP contribution is 2.21. The second kappa shape index (κ2) is 3.41. The summed E-state index contributed by atoms with van der Waals surface area (Å²) in [5.41, 5.74) is 0. The molecule has 0 atom stereocenters. The molecular weight excluding hydrogens is 204 g/mol. The molecule has 0 spiro atoms. The maximum absolute atomic E-state index is 11.2. The zero-order chi connectivity index (χ0) is 10.8. The SMILES string of the molecule is O=C1/C=C/C(=O)Oc2ccoc2C(=O)O1. The lowest BCUT2D eigenvalue weighted by Gasteiger charge is -1.98. The molecule has 1 aromatic heterocycles. The van der Waals surface area contributed by atoms with Crippen molar-refractivity contribution in [1.82, 2.24) is 0 Å². The van der Waals surface area contributed by atoms with Crippen molar-refractivity contribution in [2.24, 2.45) is 0 Å². The number of carbonyl (C=O) groups is 3. The van der Waals surface area contributed by atoms with Gasteiger partial charge in [0.25, 0.3) is 5.76 Å². The molecule has 0 N–H and O–H groups in total. The number of esters is 3. The Morgan fingerprint density at radius 1 is 0.933 bits per heavy atom. The first-order valence-corrected chi connectivity index (χ1v) is 3.90. The van der Waals surface area contributed by atoms with Gasteiger partial charge in [0.2, 0.25) is 0 Å². The molecule has 0 aromatic carbocycles. The van der Waals surface area contributed by atoms with E-state index in [9.17, 15) is 14.4 Å². The Morgan fingerprint density at radius 3 is 2.33 bits per heavy atom. The van der Waals surface area contributed by atoms with Crippen LogP contribution >= 0.6 is 0 Å². The zero-order valence-corrected chi connectivity index (χ0v) is 7.26. The van der Waals surface area contributed by atoms with E-state index in [4.69, 9.17) is 9.15 Å². The summed E-state index contributed by atoms with van der Waals surface area (Å²) in [4.78, 5) is 33.2. The first kappa shape index (κ1) is 9.20. The third-order valence-corrected chi connectivity index (χ3v) is 1.57. The fraction of sp³-hybridized carbons (Fsp3) is 0. The van der Waals surface area contributed by atoms with E-state index in [2.05, 4.69) is 4.74 Å². The van der Waals surface area contributed by atoms with Gasteiger partial charge in [0.1, 0.15) is 0 Å². The first-order valence-electron chi connectivity index (χ1n) is 3.90. The van der Waals surface area contributed by atoms with Crippen molar-refractivity contribution < 1.29 is 28.3 Å². The third kappa shape index (κ3) is 1.78. The Kier molecular flexibility index (Phi) is 2.09. The van der Waals surface area contributed by atoms with Crippen LogP contribution in [0.4, 0.5) is 0 Å². The fourth-order valence-corrected chi connectivity index (χ4v) is 0.977. The lowest BCUT2D eigenvalue weighted by atomic mass is 10.4. The smallest absolute Gasteiger partial charge is 0.386 e. The highest BCUT2D eigenvalue weighted by atomic mass is 16.6. The van der Waals surface area contributed by atoms with E-state index >= 15 is 0 Å². The number of carbonyl (C=O) groups excluding carboxylic acids is 3. The van der Waals surface area contributed by atoms with E-state index in [1.807, 2.05) is 0 Å². The van der Waals surface area contributed by atoms with Crippen LogP contribution in [0.3, 0.4) is 0 Å². The van der Waals surface area contributed by atoms with Gasteiger partial charge in [0, 0.05) is 18.2 Å².